The quantitative estimate of drug-likeness (QED) is 0.600. The molecule has 0 unspecified atom stereocenters. The van der Waals surface area contributed by atoms with E-state index >= 15 is 0 Å². The summed E-state index contributed by atoms with van der Waals surface area (Å²) in [6.07, 6.45) is 0.752. The maximum Gasteiger partial charge on any atom is 0.341 e. The number of hydrogen-bond acceptors (Lipinski definition) is 5. The van der Waals surface area contributed by atoms with Crippen molar-refractivity contribution in [3.05, 3.63) is 53.1 Å². The average molecular weight is 394 g/mol. The van der Waals surface area contributed by atoms with E-state index in [9.17, 15) is 9.59 Å². The van der Waals surface area contributed by atoms with E-state index in [1.54, 1.807) is 37.4 Å². The summed E-state index contributed by atoms with van der Waals surface area (Å²) in [7, 11) is 1.63. The topological polar surface area (TPSA) is 94.1 Å². The van der Waals surface area contributed by atoms with E-state index in [2.05, 4.69) is 5.32 Å². The molecule has 0 heterocycles. The van der Waals surface area contributed by atoms with Crippen LogP contribution >= 0.6 is 11.6 Å². The van der Waals surface area contributed by atoms with Crippen molar-refractivity contribution < 1.29 is 28.9 Å². The van der Waals surface area contributed by atoms with Crippen molar-refractivity contribution in [2.75, 3.05) is 32.2 Å². The van der Waals surface area contributed by atoms with E-state index in [-0.39, 0.29) is 16.7 Å². The van der Waals surface area contributed by atoms with Crippen molar-refractivity contribution in [1.29, 1.82) is 0 Å². The van der Waals surface area contributed by atoms with Gasteiger partial charge in [-0.1, -0.05) is 17.7 Å². The van der Waals surface area contributed by atoms with E-state index in [0.717, 1.165) is 6.42 Å². The number of methoxy groups -OCH3 is 1. The minimum absolute atomic E-state index is 0.198. The highest BCUT2D eigenvalue weighted by Gasteiger charge is 2.10. The first-order chi connectivity index (χ1) is 13.0. The van der Waals surface area contributed by atoms with Gasteiger partial charge in [-0.25, -0.2) is 4.79 Å². The number of rotatable bonds is 10. The Hall–Kier alpha value is -2.77. The molecule has 0 radical (unpaired) electrons. The van der Waals surface area contributed by atoms with Crippen LogP contribution in [0.1, 0.15) is 16.8 Å². The highest BCUT2D eigenvalue weighted by Crippen LogP contribution is 2.28. The molecule has 0 aliphatic carbocycles. The van der Waals surface area contributed by atoms with Gasteiger partial charge in [0.05, 0.1) is 11.6 Å². The second-order valence-corrected chi connectivity index (χ2v) is 5.91. The number of anilines is 1. The second-order valence-electron chi connectivity index (χ2n) is 5.50. The van der Waals surface area contributed by atoms with Gasteiger partial charge in [-0.3, -0.25) is 4.79 Å². The lowest BCUT2D eigenvalue weighted by molar-refractivity contribution is -0.139. The van der Waals surface area contributed by atoms with Gasteiger partial charge in [0.2, 0.25) is 0 Å². The van der Waals surface area contributed by atoms with Gasteiger partial charge in [0.1, 0.15) is 11.5 Å². The Balaban J connectivity index is 1.98. The van der Waals surface area contributed by atoms with Crippen molar-refractivity contribution in [1.82, 2.24) is 0 Å². The number of ether oxygens (including phenoxy) is 3. The molecule has 0 atom stereocenters. The molecule has 144 valence electrons. The molecule has 0 aromatic heterocycles. The highest BCUT2D eigenvalue weighted by molar-refractivity contribution is 6.32. The molecule has 0 aliphatic rings. The monoisotopic (exact) mass is 393 g/mol. The van der Waals surface area contributed by atoms with Crippen LogP contribution in [0.25, 0.3) is 0 Å². The summed E-state index contributed by atoms with van der Waals surface area (Å²) in [6.45, 7) is 0.599. The van der Waals surface area contributed by atoms with E-state index in [1.165, 1.54) is 12.1 Å². The van der Waals surface area contributed by atoms with Crippen LogP contribution in [0.2, 0.25) is 5.02 Å². The number of carboxylic acid groups (broad SMARTS) is 1. The molecule has 0 saturated heterocycles. The second kappa shape index (κ2) is 10.4. The van der Waals surface area contributed by atoms with E-state index in [0.29, 0.717) is 30.2 Å². The number of carboxylic acids is 1. The standard InChI is InChI=1S/C19H20ClNO6/c1-25-8-3-9-26-15-5-2-4-13(10-15)19(24)21-14-6-7-17(16(20)11-14)27-12-18(22)23/h2,4-7,10-11H,3,8-9,12H2,1H3,(H,21,24)(H,22,23). The molecule has 2 rings (SSSR count). The number of amides is 1. The van der Waals surface area contributed by atoms with Crippen molar-refractivity contribution in [3.8, 4) is 11.5 Å². The van der Waals surface area contributed by atoms with Gasteiger partial charge in [0.25, 0.3) is 5.91 Å². The third-order valence-corrected chi connectivity index (χ3v) is 3.69. The van der Waals surface area contributed by atoms with Gasteiger partial charge in [-0.2, -0.15) is 0 Å². The number of aliphatic carboxylic acids is 1. The number of hydrogen-bond donors (Lipinski definition) is 2. The molecular weight excluding hydrogens is 374 g/mol. The molecule has 2 aromatic carbocycles. The van der Waals surface area contributed by atoms with E-state index in [1.807, 2.05) is 0 Å². The largest absolute Gasteiger partial charge is 0.493 e. The first-order valence-electron chi connectivity index (χ1n) is 8.17. The molecule has 0 fully saturated rings. The zero-order valence-corrected chi connectivity index (χ0v) is 15.5. The van der Waals surface area contributed by atoms with Gasteiger partial charge < -0.3 is 24.6 Å². The van der Waals surface area contributed by atoms with Gasteiger partial charge >= 0.3 is 5.97 Å². The summed E-state index contributed by atoms with van der Waals surface area (Å²) in [5.41, 5.74) is 0.889. The first kappa shape index (κ1) is 20.5. The fraction of sp³-hybridized carbons (Fsp3) is 0.263. The summed E-state index contributed by atoms with van der Waals surface area (Å²) < 4.78 is 15.6. The minimum Gasteiger partial charge on any atom is -0.493 e. The van der Waals surface area contributed by atoms with Crippen LogP contribution in [0.15, 0.2) is 42.5 Å². The molecule has 0 bridgehead atoms. The lowest BCUT2D eigenvalue weighted by Crippen LogP contribution is -2.12. The summed E-state index contributed by atoms with van der Waals surface area (Å²) in [5.74, 6) is -0.613. The Morgan fingerprint density at radius 3 is 2.63 bits per heavy atom. The predicted octanol–water partition coefficient (Wildman–Crippen LogP) is 3.47. The maximum atomic E-state index is 12.4. The molecule has 2 aromatic rings. The van der Waals surface area contributed by atoms with Crippen molar-refractivity contribution in [2.45, 2.75) is 6.42 Å². The molecule has 27 heavy (non-hydrogen) atoms. The van der Waals surface area contributed by atoms with Gasteiger partial charge in [-0.15, -0.1) is 0 Å². The Kier molecular flexibility index (Phi) is 7.91. The van der Waals surface area contributed by atoms with E-state index in [4.69, 9.17) is 30.9 Å². The maximum absolute atomic E-state index is 12.4. The zero-order valence-electron chi connectivity index (χ0n) is 14.7. The van der Waals surface area contributed by atoms with Gasteiger partial charge in [-0.05, 0) is 36.4 Å². The van der Waals surface area contributed by atoms with Crippen molar-refractivity contribution >= 4 is 29.2 Å². The molecule has 0 aliphatic heterocycles. The van der Waals surface area contributed by atoms with Crippen LogP contribution in [0.3, 0.4) is 0 Å². The summed E-state index contributed by atoms with van der Waals surface area (Å²) in [6, 6.07) is 11.4. The van der Waals surface area contributed by atoms with Crippen LogP contribution in [-0.2, 0) is 9.53 Å². The number of benzene rings is 2. The smallest absolute Gasteiger partial charge is 0.341 e. The normalized spacial score (nSPS) is 10.3. The third kappa shape index (κ3) is 6.80. The number of halogens is 1. The summed E-state index contributed by atoms with van der Waals surface area (Å²) >= 11 is 6.05. The first-order valence-corrected chi connectivity index (χ1v) is 8.54. The zero-order chi connectivity index (χ0) is 19.6. The fourth-order valence-corrected chi connectivity index (χ4v) is 2.39. The molecule has 2 N–H and O–H groups in total. The third-order valence-electron chi connectivity index (χ3n) is 3.40. The lowest BCUT2D eigenvalue weighted by atomic mass is 10.2. The Bertz CT molecular complexity index is 796. The van der Waals surface area contributed by atoms with Gasteiger partial charge in [0.15, 0.2) is 6.61 Å². The lowest BCUT2D eigenvalue weighted by Gasteiger charge is -2.10. The number of carbonyl (C=O) groups excluding carboxylic acids is 1. The Labute approximate surface area is 161 Å². The van der Waals surface area contributed by atoms with Crippen LogP contribution in [0, 0.1) is 0 Å². The summed E-state index contributed by atoms with van der Waals surface area (Å²) in [5, 5.41) is 11.5. The summed E-state index contributed by atoms with van der Waals surface area (Å²) in [4.78, 5) is 23.0. The van der Waals surface area contributed by atoms with Crippen molar-refractivity contribution in [3.63, 3.8) is 0 Å². The predicted molar refractivity (Wildman–Crippen MR) is 101 cm³/mol. The molecule has 8 heteroatoms. The number of carbonyl (C=O) groups is 2. The van der Waals surface area contributed by atoms with Crippen LogP contribution in [0.5, 0.6) is 11.5 Å². The van der Waals surface area contributed by atoms with E-state index < -0.39 is 12.6 Å². The molecule has 0 spiro atoms. The van der Waals surface area contributed by atoms with Crippen LogP contribution in [-0.4, -0.2) is 43.9 Å². The number of nitrogens with one attached hydrogen (secondary N) is 1. The van der Waals surface area contributed by atoms with Crippen LogP contribution in [0.4, 0.5) is 5.69 Å². The molecular formula is C19H20ClNO6. The highest BCUT2D eigenvalue weighted by atomic mass is 35.5. The molecule has 1 amide bonds. The SMILES string of the molecule is COCCCOc1cccc(C(=O)Nc2ccc(OCC(=O)O)c(Cl)c2)c1. The molecule has 7 nitrogen and oxygen atoms in total. The molecule has 0 saturated carbocycles. The Morgan fingerprint density at radius 2 is 1.93 bits per heavy atom. The minimum atomic E-state index is -1.10. The fourth-order valence-electron chi connectivity index (χ4n) is 2.16. The van der Waals surface area contributed by atoms with Crippen molar-refractivity contribution in [2.24, 2.45) is 0 Å². The average Bonchev–Trinajstić information content (AvgIpc) is 2.64. The van der Waals surface area contributed by atoms with Crippen LogP contribution < -0.4 is 14.8 Å². The Morgan fingerprint density at radius 1 is 1.11 bits per heavy atom. The van der Waals surface area contributed by atoms with Gasteiger partial charge in [0, 0.05) is 31.4 Å².